The maximum absolute atomic E-state index is 11.4. The lowest BCUT2D eigenvalue weighted by Crippen LogP contribution is -2.32. The van der Waals surface area contributed by atoms with Gasteiger partial charge in [0.1, 0.15) is 11.6 Å². The molecule has 1 aromatic heterocycles. The molecule has 0 spiro atoms. The molecule has 110 valence electrons. The summed E-state index contributed by atoms with van der Waals surface area (Å²) in [7, 11) is -1.15. The van der Waals surface area contributed by atoms with E-state index in [0.717, 1.165) is 24.6 Å². The molecule has 8 heteroatoms. The van der Waals surface area contributed by atoms with Crippen molar-refractivity contribution >= 4 is 10.0 Å². The van der Waals surface area contributed by atoms with E-state index >= 15 is 0 Å². The molecule has 0 fully saturated rings. The molecule has 19 heavy (non-hydrogen) atoms. The van der Waals surface area contributed by atoms with Crippen LogP contribution in [0, 0.1) is 6.92 Å². The summed E-state index contributed by atoms with van der Waals surface area (Å²) < 4.78 is 26.2. The van der Waals surface area contributed by atoms with Crippen LogP contribution in [-0.2, 0) is 23.6 Å². The maximum atomic E-state index is 11.4. The van der Waals surface area contributed by atoms with E-state index in [9.17, 15) is 8.42 Å². The van der Waals surface area contributed by atoms with Gasteiger partial charge < -0.3 is 9.88 Å². The fraction of sp³-hybridized carbons (Fsp3) is 0.818. The molecular weight excluding hydrogens is 266 g/mol. The second-order valence-corrected chi connectivity index (χ2v) is 6.49. The molecule has 7 nitrogen and oxygen atoms in total. The number of rotatable bonds is 8. The third-order valence-corrected chi connectivity index (χ3v) is 4.43. The average Bonchev–Trinajstić information content (AvgIpc) is 2.63. The number of hydrogen-bond donors (Lipinski definition) is 1. The summed E-state index contributed by atoms with van der Waals surface area (Å²) in [4.78, 5) is 0. The molecule has 1 rings (SSSR count). The van der Waals surface area contributed by atoms with Gasteiger partial charge in [-0.15, -0.1) is 10.2 Å². The van der Waals surface area contributed by atoms with Crippen LogP contribution >= 0.6 is 0 Å². The molecule has 0 atom stereocenters. The predicted octanol–water partition coefficient (Wildman–Crippen LogP) is -0.115. The van der Waals surface area contributed by atoms with Crippen LogP contribution in [0.15, 0.2) is 0 Å². The molecule has 0 bridgehead atoms. The van der Waals surface area contributed by atoms with Crippen molar-refractivity contribution in [3.63, 3.8) is 0 Å². The van der Waals surface area contributed by atoms with Gasteiger partial charge in [-0.3, -0.25) is 0 Å². The Kier molecular flexibility index (Phi) is 5.89. The van der Waals surface area contributed by atoms with Crippen molar-refractivity contribution in [2.45, 2.75) is 26.8 Å². The predicted molar refractivity (Wildman–Crippen MR) is 74.2 cm³/mol. The van der Waals surface area contributed by atoms with Crippen molar-refractivity contribution in [2.24, 2.45) is 7.05 Å². The minimum absolute atomic E-state index is 0.515. The largest absolute Gasteiger partial charge is 0.317 e. The summed E-state index contributed by atoms with van der Waals surface area (Å²) in [5, 5.41) is 11.3. The molecule has 0 unspecified atom stereocenters. The zero-order valence-electron chi connectivity index (χ0n) is 12.0. The highest BCUT2D eigenvalue weighted by molar-refractivity contribution is 7.88. The van der Waals surface area contributed by atoms with Gasteiger partial charge in [0.25, 0.3) is 0 Å². The summed E-state index contributed by atoms with van der Waals surface area (Å²) in [6.45, 7) is 6.19. The average molecular weight is 289 g/mol. The Balaban J connectivity index is 2.27. The van der Waals surface area contributed by atoms with Gasteiger partial charge in [-0.2, -0.15) is 0 Å². The van der Waals surface area contributed by atoms with E-state index in [-0.39, 0.29) is 0 Å². The van der Waals surface area contributed by atoms with Gasteiger partial charge >= 0.3 is 0 Å². The Bertz CT molecular complexity index is 497. The van der Waals surface area contributed by atoms with Crippen LogP contribution in [0.2, 0.25) is 0 Å². The third-order valence-electron chi connectivity index (χ3n) is 3.05. The zero-order valence-corrected chi connectivity index (χ0v) is 12.9. The molecule has 0 aliphatic carbocycles. The first-order chi connectivity index (χ1) is 8.86. The summed E-state index contributed by atoms with van der Waals surface area (Å²) >= 11 is 0. The van der Waals surface area contributed by atoms with Gasteiger partial charge in [-0.1, -0.05) is 6.92 Å². The van der Waals surface area contributed by atoms with Gasteiger partial charge in [0.2, 0.25) is 10.0 Å². The summed E-state index contributed by atoms with van der Waals surface area (Å²) in [6.07, 6.45) is 2.02. The lowest BCUT2D eigenvalue weighted by molar-refractivity contribution is 0.418. The second kappa shape index (κ2) is 6.97. The number of aromatic nitrogens is 3. The van der Waals surface area contributed by atoms with E-state index < -0.39 is 10.0 Å². The number of hydrogen-bond acceptors (Lipinski definition) is 5. The summed E-state index contributed by atoms with van der Waals surface area (Å²) in [5.74, 6) is 1.76. The standard InChI is InChI=1S/C11H23N5O2S/c1-5-16(19(4,17)18)8-6-7-12-9-11-14-13-10(2)15(11)3/h12H,5-9H2,1-4H3. The Morgan fingerprint density at radius 1 is 1.37 bits per heavy atom. The quantitative estimate of drug-likeness (QED) is 0.675. The van der Waals surface area contributed by atoms with Gasteiger partial charge in [0.15, 0.2) is 0 Å². The Morgan fingerprint density at radius 3 is 2.53 bits per heavy atom. The van der Waals surface area contributed by atoms with Crippen LogP contribution < -0.4 is 5.32 Å². The van der Waals surface area contributed by atoms with Crippen LogP contribution in [0.4, 0.5) is 0 Å². The second-order valence-electron chi connectivity index (χ2n) is 4.51. The van der Waals surface area contributed by atoms with Crippen molar-refractivity contribution < 1.29 is 8.42 Å². The highest BCUT2D eigenvalue weighted by Gasteiger charge is 2.13. The van der Waals surface area contributed by atoms with E-state index in [1.807, 2.05) is 25.5 Å². The number of nitrogens with one attached hydrogen (secondary N) is 1. The van der Waals surface area contributed by atoms with E-state index in [4.69, 9.17) is 0 Å². The van der Waals surface area contributed by atoms with Crippen LogP contribution in [0.25, 0.3) is 0 Å². The number of nitrogens with zero attached hydrogens (tertiary/aromatic N) is 4. The molecule has 0 aliphatic rings. The molecule has 1 aromatic rings. The molecular formula is C11H23N5O2S. The normalized spacial score (nSPS) is 12.3. The van der Waals surface area contributed by atoms with E-state index in [1.54, 1.807) is 0 Å². The molecule has 1 N–H and O–H groups in total. The van der Waals surface area contributed by atoms with Crippen LogP contribution in [0.1, 0.15) is 25.0 Å². The van der Waals surface area contributed by atoms with E-state index in [2.05, 4.69) is 15.5 Å². The molecule has 0 saturated carbocycles. The monoisotopic (exact) mass is 289 g/mol. The lowest BCUT2D eigenvalue weighted by atomic mass is 10.4. The first kappa shape index (κ1) is 16.1. The smallest absolute Gasteiger partial charge is 0.211 e. The van der Waals surface area contributed by atoms with Gasteiger partial charge in [-0.25, -0.2) is 12.7 Å². The minimum atomic E-state index is -3.08. The Labute approximate surface area is 115 Å². The zero-order chi connectivity index (χ0) is 14.5. The lowest BCUT2D eigenvalue weighted by Gasteiger charge is -2.17. The van der Waals surface area contributed by atoms with Crippen molar-refractivity contribution in [2.75, 3.05) is 25.9 Å². The molecule has 0 saturated heterocycles. The Morgan fingerprint density at radius 2 is 2.05 bits per heavy atom. The molecule has 0 aromatic carbocycles. The summed E-state index contributed by atoms with van der Waals surface area (Å²) in [6, 6.07) is 0. The third kappa shape index (κ3) is 4.88. The van der Waals surface area contributed by atoms with E-state index in [0.29, 0.717) is 19.6 Å². The summed E-state index contributed by atoms with van der Waals surface area (Å²) in [5.41, 5.74) is 0. The van der Waals surface area contributed by atoms with Crippen LogP contribution in [0.5, 0.6) is 0 Å². The van der Waals surface area contributed by atoms with Crippen molar-refractivity contribution in [3.8, 4) is 0 Å². The maximum Gasteiger partial charge on any atom is 0.211 e. The molecule has 1 heterocycles. The van der Waals surface area contributed by atoms with E-state index in [1.165, 1.54) is 10.6 Å². The first-order valence-corrected chi connectivity index (χ1v) is 8.21. The highest BCUT2D eigenvalue weighted by atomic mass is 32.2. The molecule has 0 radical (unpaired) electrons. The minimum Gasteiger partial charge on any atom is -0.317 e. The fourth-order valence-electron chi connectivity index (χ4n) is 1.74. The molecule has 0 amide bonds. The van der Waals surface area contributed by atoms with Crippen molar-refractivity contribution in [3.05, 3.63) is 11.6 Å². The first-order valence-electron chi connectivity index (χ1n) is 6.37. The fourth-order valence-corrected chi connectivity index (χ4v) is 2.67. The SMILES string of the molecule is CCN(CCCNCc1nnc(C)n1C)S(C)(=O)=O. The Hall–Kier alpha value is -0.990. The topological polar surface area (TPSA) is 80.1 Å². The van der Waals surface area contributed by atoms with Crippen molar-refractivity contribution in [1.29, 1.82) is 0 Å². The highest BCUT2D eigenvalue weighted by Crippen LogP contribution is 1.99. The van der Waals surface area contributed by atoms with Crippen LogP contribution in [-0.4, -0.2) is 53.4 Å². The number of aryl methyl sites for hydroxylation is 1. The van der Waals surface area contributed by atoms with Gasteiger partial charge in [0.05, 0.1) is 12.8 Å². The van der Waals surface area contributed by atoms with Gasteiger partial charge in [0, 0.05) is 20.1 Å². The van der Waals surface area contributed by atoms with Crippen LogP contribution in [0.3, 0.4) is 0 Å². The van der Waals surface area contributed by atoms with Gasteiger partial charge in [-0.05, 0) is 19.9 Å². The van der Waals surface area contributed by atoms with Crippen molar-refractivity contribution in [1.82, 2.24) is 24.4 Å². The number of sulfonamides is 1. The molecule has 0 aliphatic heterocycles.